The van der Waals surface area contributed by atoms with Gasteiger partial charge in [-0.3, -0.25) is 19.7 Å². The SMILES string of the molecule is CN(C)c1cccc(C(=O)N2Cc3c(NC(=O)c4ccc([N+](=O)[O-])cc4)nn(C(=O)O)c3C2)c1. The molecule has 0 spiro atoms. The van der Waals surface area contributed by atoms with Crippen LogP contribution in [0.15, 0.2) is 48.5 Å². The number of fused-ring (bicyclic) bond motifs is 1. The fourth-order valence-electron chi connectivity index (χ4n) is 3.66. The van der Waals surface area contributed by atoms with Crippen LogP contribution in [0, 0.1) is 10.1 Å². The highest BCUT2D eigenvalue weighted by Gasteiger charge is 2.33. The van der Waals surface area contributed by atoms with Gasteiger partial charge in [0.15, 0.2) is 5.82 Å². The molecule has 2 amide bonds. The minimum Gasteiger partial charge on any atom is -0.463 e. The van der Waals surface area contributed by atoms with Crippen LogP contribution in [0.2, 0.25) is 0 Å². The Morgan fingerprint density at radius 1 is 1.09 bits per heavy atom. The Kier molecular flexibility index (Phi) is 5.72. The number of aromatic nitrogens is 2. The van der Waals surface area contributed by atoms with Crippen LogP contribution in [0.4, 0.5) is 22.0 Å². The molecule has 4 rings (SSSR count). The molecule has 0 fully saturated rings. The lowest BCUT2D eigenvalue weighted by Gasteiger charge is -2.18. The van der Waals surface area contributed by atoms with E-state index in [4.69, 9.17) is 0 Å². The van der Waals surface area contributed by atoms with Gasteiger partial charge >= 0.3 is 6.09 Å². The normalized spacial score (nSPS) is 12.2. The average Bonchev–Trinajstić information content (AvgIpc) is 3.39. The maximum absolute atomic E-state index is 13.1. The van der Waals surface area contributed by atoms with Gasteiger partial charge in [-0.25, -0.2) is 4.79 Å². The first-order chi connectivity index (χ1) is 16.2. The number of nitrogens with zero attached hydrogens (tertiary/aromatic N) is 5. The van der Waals surface area contributed by atoms with Crippen LogP contribution >= 0.6 is 0 Å². The van der Waals surface area contributed by atoms with Gasteiger partial charge in [0.25, 0.3) is 17.5 Å². The highest BCUT2D eigenvalue weighted by atomic mass is 16.6. The molecule has 0 unspecified atom stereocenters. The summed E-state index contributed by atoms with van der Waals surface area (Å²) in [6.45, 7) is 0.0660. The van der Waals surface area contributed by atoms with E-state index in [1.165, 1.54) is 29.2 Å². The molecule has 3 aromatic rings. The van der Waals surface area contributed by atoms with Gasteiger partial charge in [-0.2, -0.15) is 4.68 Å². The van der Waals surface area contributed by atoms with E-state index in [9.17, 15) is 29.6 Å². The van der Waals surface area contributed by atoms with E-state index >= 15 is 0 Å². The number of carbonyl (C=O) groups excluding carboxylic acids is 2. The van der Waals surface area contributed by atoms with Crippen LogP contribution < -0.4 is 10.2 Å². The molecule has 0 aliphatic carbocycles. The summed E-state index contributed by atoms with van der Waals surface area (Å²) in [5, 5.41) is 26.9. The minimum atomic E-state index is -1.35. The highest BCUT2D eigenvalue weighted by Crippen LogP contribution is 2.31. The quantitative estimate of drug-likeness (QED) is 0.432. The number of carbonyl (C=O) groups is 3. The van der Waals surface area contributed by atoms with Crippen molar-refractivity contribution in [2.75, 3.05) is 24.3 Å². The van der Waals surface area contributed by atoms with E-state index in [0.29, 0.717) is 11.1 Å². The molecule has 174 valence electrons. The lowest BCUT2D eigenvalue weighted by atomic mass is 10.1. The number of non-ortho nitro benzene ring substituents is 1. The van der Waals surface area contributed by atoms with Crippen molar-refractivity contribution in [1.29, 1.82) is 0 Å². The Morgan fingerprint density at radius 2 is 1.79 bits per heavy atom. The van der Waals surface area contributed by atoms with Crippen molar-refractivity contribution >= 4 is 35.1 Å². The second kappa shape index (κ2) is 8.65. The molecule has 0 atom stereocenters. The summed E-state index contributed by atoms with van der Waals surface area (Å²) >= 11 is 0. The largest absolute Gasteiger partial charge is 0.463 e. The van der Waals surface area contributed by atoms with E-state index in [2.05, 4.69) is 10.4 Å². The van der Waals surface area contributed by atoms with Crippen molar-refractivity contribution in [3.63, 3.8) is 0 Å². The molecule has 0 saturated heterocycles. The zero-order valence-corrected chi connectivity index (χ0v) is 18.3. The van der Waals surface area contributed by atoms with Gasteiger partial charge in [0.2, 0.25) is 0 Å². The fraction of sp³-hybridized carbons (Fsp3) is 0.182. The van der Waals surface area contributed by atoms with Crippen molar-refractivity contribution in [2.24, 2.45) is 0 Å². The first kappa shape index (κ1) is 22.5. The van der Waals surface area contributed by atoms with Gasteiger partial charge in [0, 0.05) is 48.6 Å². The second-order valence-electron chi connectivity index (χ2n) is 7.83. The molecule has 2 N–H and O–H groups in total. The Morgan fingerprint density at radius 3 is 2.41 bits per heavy atom. The zero-order valence-electron chi connectivity index (χ0n) is 18.3. The number of benzene rings is 2. The van der Waals surface area contributed by atoms with Crippen LogP contribution in [-0.4, -0.2) is 56.7 Å². The van der Waals surface area contributed by atoms with Crippen molar-refractivity contribution in [2.45, 2.75) is 13.1 Å². The van der Waals surface area contributed by atoms with E-state index in [-0.39, 0.29) is 41.8 Å². The van der Waals surface area contributed by atoms with Gasteiger partial charge in [-0.05, 0) is 30.3 Å². The third kappa shape index (κ3) is 4.16. The molecule has 0 saturated carbocycles. The third-order valence-corrected chi connectivity index (χ3v) is 5.43. The Bertz CT molecular complexity index is 1310. The zero-order chi connectivity index (χ0) is 24.6. The van der Waals surface area contributed by atoms with Gasteiger partial charge in [-0.15, -0.1) is 5.10 Å². The molecule has 12 heteroatoms. The summed E-state index contributed by atoms with van der Waals surface area (Å²) in [5.74, 6) is -0.890. The molecular weight excluding hydrogens is 444 g/mol. The molecule has 2 heterocycles. The van der Waals surface area contributed by atoms with Gasteiger partial charge < -0.3 is 20.2 Å². The monoisotopic (exact) mass is 464 g/mol. The maximum atomic E-state index is 13.1. The summed E-state index contributed by atoms with van der Waals surface area (Å²) in [6, 6.07) is 12.0. The van der Waals surface area contributed by atoms with E-state index in [0.717, 1.165) is 10.4 Å². The molecule has 0 bridgehead atoms. The first-order valence-electron chi connectivity index (χ1n) is 10.1. The van der Waals surface area contributed by atoms with Crippen LogP contribution in [0.3, 0.4) is 0 Å². The van der Waals surface area contributed by atoms with Gasteiger partial charge in [0.1, 0.15) is 0 Å². The average molecular weight is 464 g/mol. The highest BCUT2D eigenvalue weighted by molar-refractivity contribution is 6.04. The van der Waals surface area contributed by atoms with Crippen molar-refractivity contribution < 1.29 is 24.4 Å². The summed E-state index contributed by atoms with van der Waals surface area (Å²) in [7, 11) is 3.72. The number of nitro benzene ring substituents is 1. The van der Waals surface area contributed by atoms with Crippen LogP contribution in [0.5, 0.6) is 0 Å². The predicted molar refractivity (Wildman–Crippen MR) is 121 cm³/mol. The number of hydrogen-bond donors (Lipinski definition) is 2. The van der Waals surface area contributed by atoms with Crippen molar-refractivity contribution in [3.8, 4) is 0 Å². The molecule has 1 aliphatic heterocycles. The van der Waals surface area contributed by atoms with E-state index < -0.39 is 16.9 Å². The smallest absolute Gasteiger partial charge is 0.432 e. The number of nitrogens with one attached hydrogen (secondary N) is 1. The summed E-state index contributed by atoms with van der Waals surface area (Å²) in [4.78, 5) is 51.0. The van der Waals surface area contributed by atoms with Crippen LogP contribution in [0.1, 0.15) is 32.0 Å². The minimum absolute atomic E-state index is 0.00700. The number of amides is 2. The van der Waals surface area contributed by atoms with Crippen LogP contribution in [-0.2, 0) is 13.1 Å². The lowest BCUT2D eigenvalue weighted by Crippen LogP contribution is -2.27. The summed E-state index contributed by atoms with van der Waals surface area (Å²) in [5.41, 5.74) is 1.95. The topological polar surface area (TPSA) is 151 Å². The van der Waals surface area contributed by atoms with E-state index in [1.807, 2.05) is 25.1 Å². The summed E-state index contributed by atoms with van der Waals surface area (Å²) in [6.07, 6.45) is -1.35. The number of carboxylic acid groups (broad SMARTS) is 1. The molecule has 12 nitrogen and oxygen atoms in total. The number of rotatable bonds is 5. The number of nitro groups is 1. The predicted octanol–water partition coefficient (Wildman–Crippen LogP) is 2.79. The Balaban J connectivity index is 1.58. The van der Waals surface area contributed by atoms with E-state index in [1.54, 1.807) is 18.2 Å². The number of anilines is 2. The second-order valence-corrected chi connectivity index (χ2v) is 7.83. The maximum Gasteiger partial charge on any atom is 0.432 e. The number of hydrogen-bond acceptors (Lipinski definition) is 7. The van der Waals surface area contributed by atoms with Crippen molar-refractivity contribution in [1.82, 2.24) is 14.7 Å². The molecule has 34 heavy (non-hydrogen) atoms. The molecular formula is C22H20N6O6. The Hall–Kier alpha value is -4.74. The van der Waals surface area contributed by atoms with Crippen molar-refractivity contribution in [3.05, 3.63) is 81.0 Å². The van der Waals surface area contributed by atoms with Gasteiger partial charge in [-0.1, -0.05) is 6.07 Å². The molecule has 1 aliphatic rings. The first-order valence-corrected chi connectivity index (χ1v) is 10.1. The lowest BCUT2D eigenvalue weighted by molar-refractivity contribution is -0.384. The van der Waals surface area contributed by atoms with Crippen LogP contribution in [0.25, 0.3) is 0 Å². The molecule has 2 aromatic carbocycles. The standard InChI is InChI=1S/C22H20N6O6/c1-25(2)16-5-3-4-14(10-16)21(30)26-11-17-18(12-26)27(22(31)32)24-19(17)23-20(29)13-6-8-15(9-7-13)28(33)34/h3-10H,11-12H2,1-2H3,(H,31,32)(H,23,24,29). The molecule has 0 radical (unpaired) electrons. The Labute approximate surface area is 193 Å². The summed E-state index contributed by atoms with van der Waals surface area (Å²) < 4.78 is 0.740. The fourth-order valence-corrected chi connectivity index (χ4v) is 3.66. The molecule has 1 aromatic heterocycles. The third-order valence-electron chi connectivity index (χ3n) is 5.43. The van der Waals surface area contributed by atoms with Gasteiger partial charge in [0.05, 0.1) is 23.7 Å².